The van der Waals surface area contributed by atoms with Crippen molar-refractivity contribution in [2.75, 3.05) is 36.5 Å². The van der Waals surface area contributed by atoms with Gasteiger partial charge < -0.3 is 14.2 Å². The number of pyridine rings is 1. The van der Waals surface area contributed by atoms with Crippen molar-refractivity contribution in [2.45, 2.75) is 44.2 Å². The van der Waals surface area contributed by atoms with Crippen LogP contribution in [0.4, 0.5) is 37.7 Å². The molecule has 8 nitrogen and oxygen atoms in total. The van der Waals surface area contributed by atoms with Gasteiger partial charge in [-0.2, -0.15) is 17.6 Å². The molecule has 3 heterocycles. The Labute approximate surface area is 230 Å². The standard InChI is InChI=1S/C25H25ClF6N6O2/c1-36(18-6-8-37(9-7-18)13-25(31,32)24(29)30)19-5-3-16(26)10-20(19)38(14-39)12-17-4-2-15(11-33-17)22-34-35-23(40-22)21(27)28/h2-5,10-11,14,18,21,24H,6-9,12-13H2,1H3. The van der Waals surface area contributed by atoms with Gasteiger partial charge in [-0.1, -0.05) is 11.6 Å². The number of benzene rings is 1. The zero-order valence-electron chi connectivity index (χ0n) is 21.2. The van der Waals surface area contributed by atoms with Crippen LogP contribution in [0.25, 0.3) is 11.5 Å². The van der Waals surface area contributed by atoms with E-state index in [-0.39, 0.29) is 31.6 Å². The van der Waals surface area contributed by atoms with Gasteiger partial charge in [0.25, 0.3) is 5.89 Å². The largest absolute Gasteiger partial charge is 0.415 e. The summed E-state index contributed by atoms with van der Waals surface area (Å²) in [6.45, 7) is -0.532. The molecule has 2 aromatic heterocycles. The lowest BCUT2D eigenvalue weighted by Crippen LogP contribution is -2.49. The zero-order chi connectivity index (χ0) is 29.0. The Hall–Kier alpha value is -3.39. The summed E-state index contributed by atoms with van der Waals surface area (Å²) in [5.74, 6) is -5.00. The number of hydrogen-bond donors (Lipinski definition) is 0. The topological polar surface area (TPSA) is 78.6 Å². The predicted octanol–water partition coefficient (Wildman–Crippen LogP) is 5.69. The molecular formula is C25H25ClF6N6O2. The van der Waals surface area contributed by atoms with Crippen LogP contribution >= 0.6 is 11.6 Å². The van der Waals surface area contributed by atoms with Gasteiger partial charge in [0, 0.05) is 37.4 Å². The molecule has 216 valence electrons. The highest BCUT2D eigenvalue weighted by atomic mass is 35.5. The van der Waals surface area contributed by atoms with Crippen LogP contribution in [0, 0.1) is 0 Å². The Morgan fingerprint density at radius 3 is 2.42 bits per heavy atom. The first-order chi connectivity index (χ1) is 19.0. The SMILES string of the molecule is CN(c1ccc(Cl)cc1N(C=O)Cc1ccc(-c2nnc(C(F)F)o2)cn1)C1CCN(CC(F)(F)C(F)F)CC1. The monoisotopic (exact) mass is 590 g/mol. The first kappa shape index (κ1) is 29.6. The number of hydrogen-bond acceptors (Lipinski definition) is 7. The van der Waals surface area contributed by atoms with E-state index in [1.165, 1.54) is 16.0 Å². The Morgan fingerprint density at radius 2 is 1.85 bits per heavy atom. The highest BCUT2D eigenvalue weighted by Crippen LogP contribution is 2.35. The van der Waals surface area contributed by atoms with Crippen LogP contribution in [0.3, 0.4) is 0 Å². The molecule has 1 aliphatic heterocycles. The molecule has 4 rings (SSSR count). The third kappa shape index (κ3) is 6.84. The second-order valence-corrected chi connectivity index (χ2v) is 9.77. The smallest absolute Gasteiger partial charge is 0.319 e. The number of piperidine rings is 1. The maximum atomic E-state index is 13.5. The highest BCUT2D eigenvalue weighted by Gasteiger charge is 2.43. The quantitative estimate of drug-likeness (QED) is 0.210. The van der Waals surface area contributed by atoms with Crippen molar-refractivity contribution in [3.8, 4) is 11.5 Å². The van der Waals surface area contributed by atoms with E-state index in [9.17, 15) is 31.1 Å². The number of halogens is 7. The van der Waals surface area contributed by atoms with Crippen LogP contribution in [-0.4, -0.2) is 71.6 Å². The van der Waals surface area contributed by atoms with Gasteiger partial charge >= 0.3 is 18.8 Å². The fourth-order valence-corrected chi connectivity index (χ4v) is 4.66. The Bertz CT molecular complexity index is 1290. The molecule has 0 bridgehead atoms. The van der Waals surface area contributed by atoms with Gasteiger partial charge in [-0.05, 0) is 43.2 Å². The number of nitrogens with zero attached hydrogens (tertiary/aromatic N) is 6. The van der Waals surface area contributed by atoms with E-state index in [4.69, 9.17) is 16.0 Å². The molecule has 1 aromatic carbocycles. The molecule has 1 fully saturated rings. The van der Waals surface area contributed by atoms with Crippen LogP contribution in [-0.2, 0) is 11.3 Å². The number of anilines is 2. The molecule has 3 aromatic rings. The summed E-state index contributed by atoms with van der Waals surface area (Å²) in [6, 6.07) is 8.02. The van der Waals surface area contributed by atoms with E-state index in [0.29, 0.717) is 46.9 Å². The number of amides is 1. The summed E-state index contributed by atoms with van der Waals surface area (Å²) in [5, 5.41) is 7.24. The molecule has 1 saturated heterocycles. The Balaban J connectivity index is 1.46. The van der Waals surface area contributed by atoms with E-state index in [0.717, 1.165) is 0 Å². The third-order valence-electron chi connectivity index (χ3n) is 6.64. The summed E-state index contributed by atoms with van der Waals surface area (Å²) in [4.78, 5) is 21.1. The lowest BCUT2D eigenvalue weighted by Gasteiger charge is -2.39. The van der Waals surface area contributed by atoms with Crippen molar-refractivity contribution < 1.29 is 35.6 Å². The van der Waals surface area contributed by atoms with Crippen molar-refractivity contribution in [1.29, 1.82) is 0 Å². The Kier molecular flexibility index (Phi) is 9.19. The lowest BCUT2D eigenvalue weighted by atomic mass is 10.0. The van der Waals surface area contributed by atoms with Crippen molar-refractivity contribution in [1.82, 2.24) is 20.1 Å². The maximum absolute atomic E-state index is 13.5. The van der Waals surface area contributed by atoms with Crippen LogP contribution in [0.2, 0.25) is 5.02 Å². The molecule has 0 spiro atoms. The molecule has 1 amide bonds. The second kappa shape index (κ2) is 12.4. The van der Waals surface area contributed by atoms with Gasteiger partial charge in [-0.25, -0.2) is 8.78 Å². The summed E-state index contributed by atoms with van der Waals surface area (Å²) < 4.78 is 82.5. The number of carbonyl (C=O) groups is 1. The normalized spacial score (nSPS) is 15.2. The van der Waals surface area contributed by atoms with Crippen LogP contribution in [0.5, 0.6) is 0 Å². The predicted molar refractivity (Wildman–Crippen MR) is 135 cm³/mol. The van der Waals surface area contributed by atoms with E-state index in [2.05, 4.69) is 15.2 Å². The minimum Gasteiger partial charge on any atom is -0.415 e. The van der Waals surface area contributed by atoms with Gasteiger partial charge in [-0.15, -0.1) is 10.2 Å². The molecule has 15 heteroatoms. The van der Waals surface area contributed by atoms with Gasteiger partial charge in [0.15, 0.2) is 0 Å². The number of carbonyl (C=O) groups excluding carboxylic acids is 1. The molecule has 0 radical (unpaired) electrons. The van der Waals surface area contributed by atoms with Gasteiger partial charge in [0.1, 0.15) is 0 Å². The van der Waals surface area contributed by atoms with Crippen molar-refractivity contribution in [3.63, 3.8) is 0 Å². The van der Waals surface area contributed by atoms with Gasteiger partial charge in [0.2, 0.25) is 12.3 Å². The fraction of sp³-hybridized carbons (Fsp3) is 0.440. The molecule has 0 N–H and O–H groups in total. The number of alkyl halides is 6. The number of aromatic nitrogens is 3. The van der Waals surface area contributed by atoms with E-state index in [1.54, 1.807) is 37.4 Å². The number of rotatable bonds is 11. The van der Waals surface area contributed by atoms with E-state index in [1.807, 2.05) is 4.90 Å². The third-order valence-corrected chi connectivity index (χ3v) is 6.88. The minimum atomic E-state index is -4.07. The summed E-state index contributed by atoms with van der Waals surface area (Å²) in [5.41, 5.74) is 1.91. The van der Waals surface area contributed by atoms with Crippen molar-refractivity contribution in [3.05, 3.63) is 53.1 Å². The van der Waals surface area contributed by atoms with Gasteiger partial charge in [-0.3, -0.25) is 14.7 Å². The minimum absolute atomic E-state index is 0.0399. The molecular weight excluding hydrogens is 566 g/mol. The number of likely N-dealkylation sites (tertiary alicyclic amines) is 1. The molecule has 0 atom stereocenters. The molecule has 1 aliphatic rings. The zero-order valence-corrected chi connectivity index (χ0v) is 21.9. The molecule has 0 unspecified atom stereocenters. The van der Waals surface area contributed by atoms with E-state index < -0.39 is 31.2 Å². The van der Waals surface area contributed by atoms with Crippen LogP contribution in [0.1, 0.15) is 30.9 Å². The second-order valence-electron chi connectivity index (χ2n) is 9.33. The first-order valence-electron chi connectivity index (χ1n) is 12.2. The highest BCUT2D eigenvalue weighted by molar-refractivity contribution is 6.31. The summed E-state index contributed by atoms with van der Waals surface area (Å²) in [7, 11) is 1.80. The fourth-order valence-electron chi connectivity index (χ4n) is 4.49. The molecule has 40 heavy (non-hydrogen) atoms. The summed E-state index contributed by atoms with van der Waals surface area (Å²) >= 11 is 6.24. The van der Waals surface area contributed by atoms with Crippen molar-refractivity contribution >= 4 is 29.4 Å². The lowest BCUT2D eigenvalue weighted by molar-refractivity contribution is -0.143. The van der Waals surface area contributed by atoms with Crippen LogP contribution < -0.4 is 9.80 Å². The first-order valence-corrected chi connectivity index (χ1v) is 12.6. The molecule has 0 aliphatic carbocycles. The van der Waals surface area contributed by atoms with Gasteiger partial charge in [0.05, 0.1) is 35.7 Å². The van der Waals surface area contributed by atoms with Crippen LogP contribution in [0.15, 0.2) is 40.9 Å². The average Bonchev–Trinajstić information content (AvgIpc) is 3.43. The average molecular weight is 591 g/mol. The maximum Gasteiger partial charge on any atom is 0.319 e. The molecule has 0 saturated carbocycles. The van der Waals surface area contributed by atoms with E-state index >= 15 is 0 Å². The van der Waals surface area contributed by atoms with Crippen molar-refractivity contribution in [2.24, 2.45) is 0 Å². The Morgan fingerprint density at radius 1 is 1.12 bits per heavy atom. The summed E-state index contributed by atoms with van der Waals surface area (Å²) in [6.07, 6.45) is -3.75.